The van der Waals surface area contributed by atoms with E-state index in [9.17, 15) is 8.42 Å². The van der Waals surface area contributed by atoms with E-state index in [0.29, 0.717) is 41.2 Å². The van der Waals surface area contributed by atoms with Gasteiger partial charge < -0.3 is 14.2 Å². The molecule has 1 N–H and O–H groups in total. The zero-order valence-electron chi connectivity index (χ0n) is 12.9. The normalized spacial score (nSPS) is 13.9. The van der Waals surface area contributed by atoms with Crippen molar-refractivity contribution in [1.29, 1.82) is 0 Å². The van der Waals surface area contributed by atoms with E-state index >= 15 is 0 Å². The summed E-state index contributed by atoms with van der Waals surface area (Å²) < 4.78 is 43.7. The van der Waals surface area contributed by atoms with Crippen molar-refractivity contribution >= 4 is 27.3 Å². The number of halogens is 1. The van der Waals surface area contributed by atoms with Gasteiger partial charge in [-0.15, -0.1) is 0 Å². The Bertz CT molecular complexity index is 854. The molecule has 1 aliphatic heterocycles. The van der Waals surface area contributed by atoms with E-state index in [4.69, 9.17) is 25.8 Å². The molecule has 128 valence electrons. The van der Waals surface area contributed by atoms with Crippen LogP contribution in [0.4, 0.5) is 5.69 Å². The average Bonchev–Trinajstić information content (AvgIpc) is 2.79. The highest BCUT2D eigenvalue weighted by Gasteiger charge is 2.19. The van der Waals surface area contributed by atoms with Gasteiger partial charge in [0.1, 0.15) is 5.75 Å². The Balaban J connectivity index is 1.88. The quantitative estimate of drug-likeness (QED) is 0.895. The van der Waals surface area contributed by atoms with Gasteiger partial charge in [-0.2, -0.15) is 0 Å². The molecule has 0 saturated heterocycles. The maximum Gasteiger partial charge on any atom is 0.262 e. The van der Waals surface area contributed by atoms with Crippen molar-refractivity contribution in [1.82, 2.24) is 0 Å². The van der Waals surface area contributed by atoms with Crippen molar-refractivity contribution < 1.29 is 22.6 Å². The molecule has 0 aliphatic carbocycles. The number of hydrogen-bond donors (Lipinski definition) is 1. The van der Waals surface area contributed by atoms with E-state index in [1.165, 1.54) is 25.3 Å². The highest BCUT2D eigenvalue weighted by atomic mass is 35.5. The Morgan fingerprint density at radius 1 is 1.08 bits per heavy atom. The molecule has 8 heteroatoms. The third-order valence-electron chi connectivity index (χ3n) is 3.43. The Labute approximate surface area is 145 Å². The van der Waals surface area contributed by atoms with Gasteiger partial charge in [0.05, 0.1) is 35.9 Å². The van der Waals surface area contributed by atoms with Crippen LogP contribution in [-0.2, 0) is 10.0 Å². The van der Waals surface area contributed by atoms with Crippen LogP contribution in [-0.4, -0.2) is 28.7 Å². The summed E-state index contributed by atoms with van der Waals surface area (Å²) in [4.78, 5) is 0.0821. The molecule has 6 nitrogen and oxygen atoms in total. The van der Waals surface area contributed by atoms with Crippen molar-refractivity contribution in [2.45, 2.75) is 11.3 Å². The van der Waals surface area contributed by atoms with Crippen LogP contribution in [0.1, 0.15) is 6.42 Å². The third kappa shape index (κ3) is 3.52. The Hall–Kier alpha value is -2.12. The summed E-state index contributed by atoms with van der Waals surface area (Å²) in [6.07, 6.45) is 0.749. The predicted octanol–water partition coefficient (Wildman–Crippen LogP) is 3.31. The molecule has 3 rings (SSSR count). The number of fused-ring (bicyclic) bond motifs is 1. The fourth-order valence-electron chi connectivity index (χ4n) is 2.25. The molecule has 1 aliphatic rings. The zero-order valence-corrected chi connectivity index (χ0v) is 14.5. The molecule has 1 heterocycles. The fourth-order valence-corrected chi connectivity index (χ4v) is 3.58. The first-order chi connectivity index (χ1) is 11.5. The van der Waals surface area contributed by atoms with Crippen LogP contribution >= 0.6 is 11.6 Å². The van der Waals surface area contributed by atoms with E-state index < -0.39 is 10.0 Å². The summed E-state index contributed by atoms with van der Waals surface area (Å²) in [5, 5.41) is 0.316. The van der Waals surface area contributed by atoms with Crippen LogP contribution in [0.15, 0.2) is 41.3 Å². The minimum atomic E-state index is -3.78. The molecule has 0 atom stereocenters. The molecule has 0 radical (unpaired) electrons. The maximum atomic E-state index is 12.6. The molecular weight excluding hydrogens is 354 g/mol. The molecule has 0 saturated carbocycles. The lowest BCUT2D eigenvalue weighted by atomic mass is 10.3. The maximum absolute atomic E-state index is 12.6. The van der Waals surface area contributed by atoms with E-state index in [2.05, 4.69) is 4.72 Å². The fraction of sp³-hybridized carbons (Fsp3) is 0.250. The standard InChI is InChI=1S/C16H16ClNO5S/c1-21-14-5-3-11(9-13(14)17)18-24(19,20)12-4-6-15-16(10-12)23-8-2-7-22-15/h3-6,9-10,18H,2,7-8H2,1H3. The number of anilines is 1. The van der Waals surface area contributed by atoms with Crippen LogP contribution in [0.3, 0.4) is 0 Å². The van der Waals surface area contributed by atoms with Gasteiger partial charge in [-0.25, -0.2) is 8.42 Å². The Morgan fingerprint density at radius 2 is 1.83 bits per heavy atom. The van der Waals surface area contributed by atoms with E-state index in [1.54, 1.807) is 18.2 Å². The van der Waals surface area contributed by atoms with Crippen LogP contribution in [0.5, 0.6) is 17.2 Å². The van der Waals surface area contributed by atoms with Crippen molar-refractivity contribution in [3.05, 3.63) is 41.4 Å². The van der Waals surface area contributed by atoms with Crippen molar-refractivity contribution in [2.75, 3.05) is 25.0 Å². The van der Waals surface area contributed by atoms with E-state index in [1.807, 2.05) is 0 Å². The van der Waals surface area contributed by atoms with Crippen LogP contribution in [0.25, 0.3) is 0 Å². The minimum absolute atomic E-state index is 0.0821. The first-order valence-electron chi connectivity index (χ1n) is 7.25. The smallest absolute Gasteiger partial charge is 0.262 e. The summed E-state index contributed by atoms with van der Waals surface area (Å²) in [6, 6.07) is 9.17. The van der Waals surface area contributed by atoms with Gasteiger partial charge in [-0.1, -0.05) is 11.6 Å². The highest BCUT2D eigenvalue weighted by Crippen LogP contribution is 2.33. The summed E-state index contributed by atoms with van der Waals surface area (Å²) in [6.45, 7) is 1.03. The van der Waals surface area contributed by atoms with Crippen LogP contribution in [0, 0.1) is 0 Å². The first kappa shape index (κ1) is 16.7. The first-order valence-corrected chi connectivity index (χ1v) is 9.12. The lowest BCUT2D eigenvalue weighted by molar-refractivity contribution is 0.297. The van der Waals surface area contributed by atoms with Gasteiger partial charge in [-0.05, 0) is 30.3 Å². The topological polar surface area (TPSA) is 73.9 Å². The molecule has 24 heavy (non-hydrogen) atoms. The molecule has 0 unspecified atom stereocenters. The van der Waals surface area contributed by atoms with Gasteiger partial charge in [0.15, 0.2) is 11.5 Å². The van der Waals surface area contributed by atoms with Crippen LogP contribution < -0.4 is 18.9 Å². The van der Waals surface area contributed by atoms with Crippen molar-refractivity contribution in [2.24, 2.45) is 0 Å². The van der Waals surface area contributed by atoms with Crippen LogP contribution in [0.2, 0.25) is 5.02 Å². The monoisotopic (exact) mass is 369 g/mol. The summed E-state index contributed by atoms with van der Waals surface area (Å²) in [5.74, 6) is 1.43. The van der Waals surface area contributed by atoms with E-state index in [0.717, 1.165) is 6.42 Å². The second-order valence-electron chi connectivity index (χ2n) is 5.11. The average molecular weight is 370 g/mol. The lowest BCUT2D eigenvalue weighted by Crippen LogP contribution is -2.13. The van der Waals surface area contributed by atoms with Gasteiger partial charge in [0, 0.05) is 12.5 Å². The molecular formula is C16H16ClNO5S. The Kier molecular flexibility index (Phi) is 4.73. The zero-order chi connectivity index (χ0) is 17.2. The summed E-state index contributed by atoms with van der Waals surface area (Å²) in [5.41, 5.74) is 0.341. The van der Waals surface area contributed by atoms with Crippen molar-refractivity contribution in [3.8, 4) is 17.2 Å². The molecule has 0 spiro atoms. The lowest BCUT2D eigenvalue weighted by Gasteiger charge is -2.12. The molecule has 2 aromatic rings. The van der Waals surface area contributed by atoms with E-state index in [-0.39, 0.29) is 4.90 Å². The number of nitrogens with one attached hydrogen (secondary N) is 1. The number of rotatable bonds is 4. The largest absolute Gasteiger partial charge is 0.495 e. The van der Waals surface area contributed by atoms with Gasteiger partial charge in [0.2, 0.25) is 0 Å². The highest BCUT2D eigenvalue weighted by molar-refractivity contribution is 7.92. The third-order valence-corrected chi connectivity index (χ3v) is 5.11. The number of benzene rings is 2. The second kappa shape index (κ2) is 6.78. The molecule has 0 fully saturated rings. The number of sulfonamides is 1. The molecule has 2 aromatic carbocycles. The summed E-state index contributed by atoms with van der Waals surface area (Å²) >= 11 is 6.02. The Morgan fingerprint density at radius 3 is 2.54 bits per heavy atom. The van der Waals surface area contributed by atoms with Crippen molar-refractivity contribution in [3.63, 3.8) is 0 Å². The summed E-state index contributed by atoms with van der Waals surface area (Å²) in [7, 11) is -2.29. The SMILES string of the molecule is COc1ccc(NS(=O)(=O)c2ccc3c(c2)OCCCO3)cc1Cl. The molecule has 0 bridgehead atoms. The molecule has 0 amide bonds. The number of ether oxygens (including phenoxy) is 3. The number of hydrogen-bond acceptors (Lipinski definition) is 5. The predicted molar refractivity (Wildman–Crippen MR) is 90.9 cm³/mol. The molecule has 0 aromatic heterocycles. The number of methoxy groups -OCH3 is 1. The minimum Gasteiger partial charge on any atom is -0.495 e. The van der Waals surface area contributed by atoms with Gasteiger partial charge in [-0.3, -0.25) is 4.72 Å². The second-order valence-corrected chi connectivity index (χ2v) is 7.20. The van der Waals surface area contributed by atoms with Gasteiger partial charge in [0.25, 0.3) is 10.0 Å². The van der Waals surface area contributed by atoms with Gasteiger partial charge >= 0.3 is 0 Å².